The standard InChI is InChI=1S/C18H31N7O9/c19-4-2-1-3-9(16(31)25-11(18(33)34)7-13(22)27)23-17(32)10(6-12(21)26)24-15(30)8(20)5-14(28)29/h8-11H,1-7,19-20H2,(H2,21,26)(H2,22,27)(H,23,32)(H,24,30)(H,25,31)(H,28,29)(H,33,34). The minimum atomic E-state index is -1.66. The van der Waals surface area contributed by atoms with Crippen LogP contribution in [0.3, 0.4) is 0 Å². The molecular formula is C18H31N7O9. The van der Waals surface area contributed by atoms with E-state index in [1.807, 2.05) is 0 Å². The molecule has 4 unspecified atom stereocenters. The Morgan fingerprint density at radius 3 is 1.62 bits per heavy atom. The first-order valence-electron chi connectivity index (χ1n) is 10.2. The highest BCUT2D eigenvalue weighted by Crippen LogP contribution is 2.05. The fourth-order valence-electron chi connectivity index (χ4n) is 2.68. The molecule has 16 nitrogen and oxygen atoms in total. The average Bonchev–Trinajstić information content (AvgIpc) is 2.70. The smallest absolute Gasteiger partial charge is 0.326 e. The van der Waals surface area contributed by atoms with Gasteiger partial charge in [-0.15, -0.1) is 0 Å². The molecule has 192 valence electrons. The zero-order valence-electron chi connectivity index (χ0n) is 18.3. The molecule has 0 aliphatic rings. The van der Waals surface area contributed by atoms with E-state index in [-0.39, 0.29) is 13.0 Å². The number of primary amides is 2. The van der Waals surface area contributed by atoms with Gasteiger partial charge in [-0.3, -0.25) is 28.8 Å². The number of carboxylic acid groups (broad SMARTS) is 2. The fourth-order valence-corrected chi connectivity index (χ4v) is 2.68. The zero-order chi connectivity index (χ0) is 26.4. The molecule has 0 spiro atoms. The van der Waals surface area contributed by atoms with Crippen LogP contribution in [-0.2, 0) is 33.6 Å². The van der Waals surface area contributed by atoms with Crippen molar-refractivity contribution in [1.82, 2.24) is 16.0 Å². The normalized spacial score (nSPS) is 14.1. The van der Waals surface area contributed by atoms with Crippen LogP contribution in [0.1, 0.15) is 38.5 Å². The van der Waals surface area contributed by atoms with Crippen molar-refractivity contribution in [3.63, 3.8) is 0 Å². The average molecular weight is 489 g/mol. The molecule has 13 N–H and O–H groups in total. The van der Waals surface area contributed by atoms with Gasteiger partial charge in [-0.2, -0.15) is 0 Å². The number of carbonyl (C=O) groups is 7. The molecule has 0 saturated heterocycles. The summed E-state index contributed by atoms with van der Waals surface area (Å²) in [5, 5.41) is 24.4. The van der Waals surface area contributed by atoms with Gasteiger partial charge < -0.3 is 49.1 Å². The Morgan fingerprint density at radius 1 is 0.676 bits per heavy atom. The van der Waals surface area contributed by atoms with Gasteiger partial charge in [0, 0.05) is 0 Å². The Bertz CT molecular complexity index is 790. The summed E-state index contributed by atoms with van der Waals surface area (Å²) in [5.41, 5.74) is 20.9. The van der Waals surface area contributed by atoms with Crippen LogP contribution in [0.15, 0.2) is 0 Å². The van der Waals surface area contributed by atoms with Crippen LogP contribution in [0.5, 0.6) is 0 Å². The Kier molecular flexibility index (Phi) is 13.4. The molecule has 0 aromatic heterocycles. The third-order valence-corrected chi connectivity index (χ3v) is 4.37. The van der Waals surface area contributed by atoms with Crippen LogP contribution < -0.4 is 38.9 Å². The van der Waals surface area contributed by atoms with Gasteiger partial charge in [0.15, 0.2) is 0 Å². The van der Waals surface area contributed by atoms with E-state index in [1.54, 1.807) is 0 Å². The molecule has 5 amide bonds. The highest BCUT2D eigenvalue weighted by atomic mass is 16.4. The molecule has 0 aliphatic carbocycles. The minimum Gasteiger partial charge on any atom is -0.481 e. The van der Waals surface area contributed by atoms with E-state index in [1.165, 1.54) is 0 Å². The molecule has 4 atom stereocenters. The number of carbonyl (C=O) groups excluding carboxylic acids is 5. The van der Waals surface area contributed by atoms with Crippen molar-refractivity contribution >= 4 is 41.5 Å². The van der Waals surface area contributed by atoms with Gasteiger partial charge >= 0.3 is 11.9 Å². The highest BCUT2D eigenvalue weighted by Gasteiger charge is 2.31. The van der Waals surface area contributed by atoms with Gasteiger partial charge in [-0.1, -0.05) is 0 Å². The predicted molar refractivity (Wildman–Crippen MR) is 114 cm³/mol. The Balaban J connectivity index is 5.56. The lowest BCUT2D eigenvalue weighted by atomic mass is 10.1. The van der Waals surface area contributed by atoms with E-state index >= 15 is 0 Å². The maximum atomic E-state index is 12.7. The summed E-state index contributed by atoms with van der Waals surface area (Å²) in [6, 6.07) is -6.13. The van der Waals surface area contributed by atoms with Crippen molar-refractivity contribution in [2.24, 2.45) is 22.9 Å². The van der Waals surface area contributed by atoms with Crippen LogP contribution in [-0.4, -0.2) is 82.4 Å². The molecule has 0 aromatic rings. The van der Waals surface area contributed by atoms with Crippen LogP contribution in [0.25, 0.3) is 0 Å². The number of carboxylic acids is 2. The first-order valence-corrected chi connectivity index (χ1v) is 10.2. The predicted octanol–water partition coefficient (Wildman–Crippen LogP) is -4.79. The third-order valence-electron chi connectivity index (χ3n) is 4.37. The fraction of sp³-hybridized carbons (Fsp3) is 0.611. The Labute approximate surface area is 194 Å². The van der Waals surface area contributed by atoms with E-state index in [4.69, 9.17) is 28.0 Å². The second-order valence-electron chi connectivity index (χ2n) is 7.35. The summed E-state index contributed by atoms with van der Waals surface area (Å²) in [5.74, 6) is -7.96. The first-order chi connectivity index (χ1) is 15.8. The third kappa shape index (κ3) is 12.3. The van der Waals surface area contributed by atoms with Gasteiger partial charge in [0.2, 0.25) is 29.5 Å². The topological polar surface area (TPSA) is 300 Å². The molecule has 0 aliphatic heterocycles. The molecule has 34 heavy (non-hydrogen) atoms. The van der Waals surface area contributed by atoms with Gasteiger partial charge in [0.1, 0.15) is 18.1 Å². The summed E-state index contributed by atoms with van der Waals surface area (Å²) in [7, 11) is 0. The highest BCUT2D eigenvalue weighted by molar-refractivity contribution is 5.97. The zero-order valence-corrected chi connectivity index (χ0v) is 18.3. The van der Waals surface area contributed by atoms with Gasteiger partial charge in [-0.25, -0.2) is 4.79 Å². The number of nitrogens with one attached hydrogen (secondary N) is 3. The van der Waals surface area contributed by atoms with Crippen LogP contribution in [0, 0.1) is 0 Å². The monoisotopic (exact) mass is 489 g/mol. The molecule has 0 heterocycles. The maximum Gasteiger partial charge on any atom is 0.326 e. The molecule has 0 saturated carbocycles. The lowest BCUT2D eigenvalue weighted by molar-refractivity contribution is -0.144. The molecule has 0 fully saturated rings. The summed E-state index contributed by atoms with van der Waals surface area (Å²) >= 11 is 0. The number of nitrogens with two attached hydrogens (primary N) is 4. The molecule has 16 heteroatoms. The van der Waals surface area contributed by atoms with Crippen LogP contribution in [0.4, 0.5) is 0 Å². The number of aliphatic carboxylic acids is 2. The van der Waals surface area contributed by atoms with Crippen LogP contribution >= 0.6 is 0 Å². The van der Waals surface area contributed by atoms with Gasteiger partial charge in [-0.05, 0) is 25.8 Å². The summed E-state index contributed by atoms with van der Waals surface area (Å²) in [6.45, 7) is 0.267. The second kappa shape index (κ2) is 15.1. The Morgan fingerprint density at radius 2 is 1.15 bits per heavy atom. The lowest BCUT2D eigenvalue weighted by Crippen LogP contribution is -2.58. The van der Waals surface area contributed by atoms with Crippen LogP contribution in [0.2, 0.25) is 0 Å². The van der Waals surface area contributed by atoms with Crippen molar-refractivity contribution in [2.45, 2.75) is 62.7 Å². The van der Waals surface area contributed by atoms with E-state index in [0.717, 1.165) is 0 Å². The van der Waals surface area contributed by atoms with E-state index in [0.29, 0.717) is 12.8 Å². The van der Waals surface area contributed by atoms with Crippen molar-refractivity contribution < 1.29 is 43.8 Å². The molecular weight excluding hydrogens is 458 g/mol. The molecule has 0 radical (unpaired) electrons. The minimum absolute atomic E-state index is 0.00650. The number of amides is 5. The summed E-state index contributed by atoms with van der Waals surface area (Å²) < 4.78 is 0. The van der Waals surface area contributed by atoms with Gasteiger partial charge in [0.05, 0.1) is 25.3 Å². The van der Waals surface area contributed by atoms with E-state index in [2.05, 4.69) is 16.0 Å². The Hall–Kier alpha value is -3.79. The van der Waals surface area contributed by atoms with Gasteiger partial charge in [0.25, 0.3) is 0 Å². The number of hydrogen-bond acceptors (Lipinski definition) is 9. The van der Waals surface area contributed by atoms with Crippen molar-refractivity contribution in [2.75, 3.05) is 6.54 Å². The molecule has 0 aromatic carbocycles. The lowest BCUT2D eigenvalue weighted by Gasteiger charge is -2.24. The second-order valence-corrected chi connectivity index (χ2v) is 7.35. The van der Waals surface area contributed by atoms with E-state index in [9.17, 15) is 38.7 Å². The van der Waals surface area contributed by atoms with Crippen molar-refractivity contribution in [3.05, 3.63) is 0 Å². The first kappa shape index (κ1) is 30.2. The van der Waals surface area contributed by atoms with E-state index < -0.39 is 84.9 Å². The number of unbranched alkanes of at least 4 members (excludes halogenated alkanes) is 1. The quantitative estimate of drug-likeness (QED) is 0.0873. The van der Waals surface area contributed by atoms with Crippen molar-refractivity contribution in [3.8, 4) is 0 Å². The largest absolute Gasteiger partial charge is 0.481 e. The molecule has 0 bridgehead atoms. The number of rotatable bonds is 17. The summed E-state index contributed by atoms with van der Waals surface area (Å²) in [4.78, 5) is 81.9. The summed E-state index contributed by atoms with van der Waals surface area (Å²) in [6.07, 6.45) is -1.38. The SMILES string of the molecule is NCCCCC(NC(=O)C(CC(N)=O)NC(=O)C(N)CC(=O)O)C(=O)NC(CC(N)=O)C(=O)O. The maximum absolute atomic E-state index is 12.7. The molecule has 0 rings (SSSR count). The number of hydrogen-bond donors (Lipinski definition) is 9. The van der Waals surface area contributed by atoms with Crippen molar-refractivity contribution in [1.29, 1.82) is 0 Å².